The first-order valence-corrected chi connectivity index (χ1v) is 11.3. The predicted octanol–water partition coefficient (Wildman–Crippen LogP) is 4.52. The van der Waals surface area contributed by atoms with Crippen molar-refractivity contribution in [3.8, 4) is 5.75 Å². The fourth-order valence-electron chi connectivity index (χ4n) is 4.29. The van der Waals surface area contributed by atoms with E-state index in [0.29, 0.717) is 25.4 Å². The minimum atomic E-state index is -0.562. The van der Waals surface area contributed by atoms with Crippen molar-refractivity contribution in [1.29, 1.82) is 0 Å². The van der Waals surface area contributed by atoms with Crippen molar-refractivity contribution in [2.24, 2.45) is 5.41 Å². The standard InChI is InChI=1S/C24H28BrN3O4/c1-23(2,3)32-22(30)27-13-24(14-27)15-28(18-10-8-16(25)9-11-18)21(29)20(24)26-17-6-5-7-19(12-17)31-4/h5-12,20,26H,13-15H2,1-4H3. The van der Waals surface area contributed by atoms with Crippen LogP contribution in [0.15, 0.2) is 53.0 Å². The van der Waals surface area contributed by atoms with Gasteiger partial charge < -0.3 is 24.6 Å². The monoisotopic (exact) mass is 501 g/mol. The number of rotatable bonds is 4. The highest BCUT2D eigenvalue weighted by Crippen LogP contribution is 2.44. The number of nitrogens with one attached hydrogen (secondary N) is 1. The molecule has 2 heterocycles. The Morgan fingerprint density at radius 1 is 1.12 bits per heavy atom. The number of amides is 2. The SMILES string of the molecule is COc1cccc(NC2C(=O)N(c3ccc(Br)cc3)CC23CN(C(=O)OC(C)(C)C)C3)c1. The summed E-state index contributed by atoms with van der Waals surface area (Å²) in [5.74, 6) is 0.697. The summed E-state index contributed by atoms with van der Waals surface area (Å²) < 4.78 is 11.8. The zero-order valence-electron chi connectivity index (χ0n) is 18.7. The highest BCUT2D eigenvalue weighted by atomic mass is 79.9. The molecule has 1 N–H and O–H groups in total. The van der Waals surface area contributed by atoms with Crippen molar-refractivity contribution in [3.63, 3.8) is 0 Å². The molecule has 1 unspecified atom stereocenters. The number of carbonyl (C=O) groups is 2. The number of benzene rings is 2. The molecule has 0 saturated carbocycles. The number of methoxy groups -OCH3 is 1. The number of anilines is 2. The number of carbonyl (C=O) groups excluding carboxylic acids is 2. The quantitative estimate of drug-likeness (QED) is 0.666. The van der Waals surface area contributed by atoms with Gasteiger partial charge in [0.05, 0.1) is 12.5 Å². The largest absolute Gasteiger partial charge is 0.497 e. The summed E-state index contributed by atoms with van der Waals surface area (Å²) in [6.07, 6.45) is -0.349. The zero-order valence-corrected chi connectivity index (χ0v) is 20.3. The van der Waals surface area contributed by atoms with Crippen LogP contribution in [0.25, 0.3) is 0 Å². The number of likely N-dealkylation sites (tertiary alicyclic amines) is 1. The molecule has 2 aromatic carbocycles. The predicted molar refractivity (Wildman–Crippen MR) is 127 cm³/mol. The minimum absolute atomic E-state index is 0.0148. The van der Waals surface area contributed by atoms with Crippen molar-refractivity contribution < 1.29 is 19.1 Å². The number of hydrogen-bond donors (Lipinski definition) is 1. The van der Waals surface area contributed by atoms with E-state index in [4.69, 9.17) is 9.47 Å². The first-order chi connectivity index (χ1) is 15.1. The third-order valence-electron chi connectivity index (χ3n) is 5.78. The van der Waals surface area contributed by atoms with Gasteiger partial charge in [0.2, 0.25) is 5.91 Å². The number of hydrogen-bond acceptors (Lipinski definition) is 5. The van der Waals surface area contributed by atoms with Crippen LogP contribution in [0, 0.1) is 5.41 Å². The third kappa shape index (κ3) is 4.41. The second-order valence-electron chi connectivity index (χ2n) is 9.41. The van der Waals surface area contributed by atoms with Crippen LogP contribution in [0.1, 0.15) is 20.8 Å². The number of halogens is 1. The van der Waals surface area contributed by atoms with Crippen LogP contribution in [0.3, 0.4) is 0 Å². The third-order valence-corrected chi connectivity index (χ3v) is 6.31. The van der Waals surface area contributed by atoms with Crippen molar-refractivity contribution in [2.75, 3.05) is 37.0 Å². The van der Waals surface area contributed by atoms with Gasteiger partial charge in [-0.15, -0.1) is 0 Å². The molecule has 170 valence electrons. The van der Waals surface area contributed by atoms with E-state index in [2.05, 4.69) is 21.2 Å². The maximum absolute atomic E-state index is 13.5. The number of ether oxygens (including phenoxy) is 2. The van der Waals surface area contributed by atoms with E-state index in [-0.39, 0.29) is 12.0 Å². The Kier molecular flexibility index (Phi) is 5.83. The highest BCUT2D eigenvalue weighted by molar-refractivity contribution is 9.10. The first-order valence-electron chi connectivity index (χ1n) is 10.6. The molecule has 1 spiro atoms. The summed E-state index contributed by atoms with van der Waals surface area (Å²) in [6.45, 7) is 6.96. The van der Waals surface area contributed by atoms with Crippen LogP contribution < -0.4 is 15.0 Å². The van der Waals surface area contributed by atoms with Gasteiger partial charge >= 0.3 is 6.09 Å². The van der Waals surface area contributed by atoms with Crippen molar-refractivity contribution in [3.05, 3.63) is 53.0 Å². The molecule has 0 aliphatic carbocycles. The van der Waals surface area contributed by atoms with Crippen LogP contribution in [0.4, 0.5) is 16.2 Å². The van der Waals surface area contributed by atoms with Crippen LogP contribution in [0.5, 0.6) is 5.75 Å². The molecule has 7 nitrogen and oxygen atoms in total. The normalized spacial score (nSPS) is 19.7. The van der Waals surface area contributed by atoms with Gasteiger partial charge in [0.1, 0.15) is 17.4 Å². The molecule has 2 aliphatic heterocycles. The van der Waals surface area contributed by atoms with Crippen molar-refractivity contribution >= 4 is 39.3 Å². The van der Waals surface area contributed by atoms with E-state index < -0.39 is 17.1 Å². The maximum atomic E-state index is 13.5. The summed E-state index contributed by atoms with van der Waals surface area (Å²) in [6, 6.07) is 14.7. The van der Waals surface area contributed by atoms with E-state index >= 15 is 0 Å². The Balaban J connectivity index is 1.59. The Morgan fingerprint density at radius 2 is 1.81 bits per heavy atom. The number of nitrogens with zero attached hydrogens (tertiary/aromatic N) is 2. The fraction of sp³-hybridized carbons (Fsp3) is 0.417. The van der Waals surface area contributed by atoms with Crippen molar-refractivity contribution in [2.45, 2.75) is 32.4 Å². The molecular formula is C24H28BrN3O4. The van der Waals surface area contributed by atoms with Gasteiger partial charge in [-0.1, -0.05) is 22.0 Å². The Morgan fingerprint density at radius 3 is 2.44 bits per heavy atom. The lowest BCUT2D eigenvalue weighted by molar-refractivity contribution is -0.120. The van der Waals surface area contributed by atoms with Crippen LogP contribution in [-0.2, 0) is 9.53 Å². The molecule has 0 aromatic heterocycles. The second kappa shape index (κ2) is 8.31. The van der Waals surface area contributed by atoms with Gasteiger partial charge in [-0.3, -0.25) is 4.79 Å². The summed E-state index contributed by atoms with van der Waals surface area (Å²) in [5.41, 5.74) is 0.663. The summed E-state index contributed by atoms with van der Waals surface area (Å²) in [5, 5.41) is 3.42. The lowest BCUT2D eigenvalue weighted by Gasteiger charge is -2.49. The molecule has 4 rings (SSSR count). The van der Waals surface area contributed by atoms with E-state index in [1.54, 1.807) is 16.9 Å². The summed E-state index contributed by atoms with van der Waals surface area (Å²) >= 11 is 3.45. The Bertz CT molecular complexity index is 1010. The van der Waals surface area contributed by atoms with Gasteiger partial charge in [0, 0.05) is 41.5 Å². The van der Waals surface area contributed by atoms with Gasteiger partial charge in [-0.2, -0.15) is 0 Å². The Hall–Kier alpha value is -2.74. The van der Waals surface area contributed by atoms with E-state index in [0.717, 1.165) is 15.8 Å². The average Bonchev–Trinajstić information content (AvgIpc) is 2.99. The zero-order chi connectivity index (χ0) is 23.1. The summed E-state index contributed by atoms with van der Waals surface area (Å²) in [4.78, 5) is 29.6. The molecule has 2 saturated heterocycles. The van der Waals surface area contributed by atoms with Gasteiger partial charge in [-0.25, -0.2) is 4.79 Å². The smallest absolute Gasteiger partial charge is 0.410 e. The van der Waals surface area contributed by atoms with Crippen LogP contribution in [0.2, 0.25) is 0 Å². The Labute approximate surface area is 196 Å². The molecule has 8 heteroatoms. The summed E-state index contributed by atoms with van der Waals surface area (Å²) in [7, 11) is 1.61. The topological polar surface area (TPSA) is 71.1 Å². The molecular weight excluding hydrogens is 474 g/mol. The molecule has 1 atom stereocenters. The van der Waals surface area contributed by atoms with E-state index in [1.165, 1.54) is 0 Å². The second-order valence-corrected chi connectivity index (χ2v) is 10.3. The molecule has 0 radical (unpaired) electrons. The fourth-order valence-corrected chi connectivity index (χ4v) is 4.55. The maximum Gasteiger partial charge on any atom is 0.410 e. The highest BCUT2D eigenvalue weighted by Gasteiger charge is 2.60. The lowest BCUT2D eigenvalue weighted by Crippen LogP contribution is -2.65. The molecule has 2 aromatic rings. The van der Waals surface area contributed by atoms with E-state index in [1.807, 2.05) is 69.3 Å². The molecule has 32 heavy (non-hydrogen) atoms. The van der Waals surface area contributed by atoms with Gasteiger partial charge in [0.15, 0.2) is 0 Å². The molecule has 0 bridgehead atoms. The van der Waals surface area contributed by atoms with Crippen LogP contribution >= 0.6 is 15.9 Å². The van der Waals surface area contributed by atoms with Gasteiger partial charge in [0.25, 0.3) is 0 Å². The van der Waals surface area contributed by atoms with E-state index in [9.17, 15) is 9.59 Å². The first kappa shape index (κ1) is 22.5. The van der Waals surface area contributed by atoms with Crippen molar-refractivity contribution in [1.82, 2.24) is 4.90 Å². The van der Waals surface area contributed by atoms with Gasteiger partial charge in [-0.05, 0) is 57.2 Å². The van der Waals surface area contributed by atoms with Crippen LogP contribution in [-0.4, -0.2) is 55.3 Å². The minimum Gasteiger partial charge on any atom is -0.497 e. The molecule has 2 aliphatic rings. The molecule has 2 amide bonds. The average molecular weight is 502 g/mol. The lowest BCUT2D eigenvalue weighted by atomic mass is 9.75. The molecule has 2 fully saturated rings.